The molecule has 0 spiro atoms. The standard InChI is InChI=1S/C14H19FN2O2/c1-14(2)10-19-8-7-17(14)6-5-13(18)12-4-3-11(15)9-16-12/h3-4,9H,5-8,10H2,1-2H3. The van der Waals surface area contributed by atoms with E-state index in [0.717, 1.165) is 12.7 Å². The molecule has 0 amide bonds. The van der Waals surface area contributed by atoms with Crippen LogP contribution in [0.2, 0.25) is 0 Å². The molecule has 1 saturated heterocycles. The van der Waals surface area contributed by atoms with Gasteiger partial charge in [0.05, 0.1) is 19.4 Å². The van der Waals surface area contributed by atoms with Gasteiger partial charge in [0.15, 0.2) is 5.78 Å². The van der Waals surface area contributed by atoms with E-state index < -0.39 is 5.82 Å². The zero-order valence-electron chi connectivity index (χ0n) is 11.4. The number of nitrogens with zero attached hydrogens (tertiary/aromatic N) is 2. The molecule has 104 valence electrons. The Morgan fingerprint density at radius 2 is 2.32 bits per heavy atom. The lowest BCUT2D eigenvalue weighted by atomic mass is 10.0. The van der Waals surface area contributed by atoms with E-state index in [9.17, 15) is 9.18 Å². The fourth-order valence-corrected chi connectivity index (χ4v) is 2.21. The molecule has 0 unspecified atom stereocenters. The number of rotatable bonds is 4. The van der Waals surface area contributed by atoms with Gasteiger partial charge in [0.1, 0.15) is 11.5 Å². The summed E-state index contributed by atoms with van der Waals surface area (Å²) in [5.41, 5.74) is 0.279. The summed E-state index contributed by atoms with van der Waals surface area (Å²) in [7, 11) is 0. The summed E-state index contributed by atoms with van der Waals surface area (Å²) < 4.78 is 18.2. The van der Waals surface area contributed by atoms with E-state index in [2.05, 4.69) is 23.7 Å². The van der Waals surface area contributed by atoms with Crippen LogP contribution in [-0.2, 0) is 4.74 Å². The molecular weight excluding hydrogens is 247 g/mol. The Kier molecular flexibility index (Phi) is 4.27. The van der Waals surface area contributed by atoms with E-state index in [1.807, 2.05) is 0 Å². The minimum Gasteiger partial charge on any atom is -0.378 e. The van der Waals surface area contributed by atoms with Crippen molar-refractivity contribution in [3.8, 4) is 0 Å². The lowest BCUT2D eigenvalue weighted by Crippen LogP contribution is -2.53. The average molecular weight is 266 g/mol. The number of pyridine rings is 1. The molecule has 0 radical (unpaired) electrons. The van der Waals surface area contributed by atoms with Crippen LogP contribution in [0.5, 0.6) is 0 Å². The van der Waals surface area contributed by atoms with Crippen molar-refractivity contribution < 1.29 is 13.9 Å². The summed E-state index contributed by atoms with van der Waals surface area (Å²) in [6, 6.07) is 2.70. The SMILES string of the molecule is CC1(C)COCCN1CCC(=O)c1ccc(F)cn1. The summed E-state index contributed by atoms with van der Waals surface area (Å²) in [6.07, 6.45) is 1.47. The number of halogens is 1. The first-order valence-electron chi connectivity index (χ1n) is 6.46. The molecule has 0 aromatic carbocycles. The van der Waals surface area contributed by atoms with Crippen LogP contribution in [0.3, 0.4) is 0 Å². The van der Waals surface area contributed by atoms with Crippen molar-refractivity contribution in [1.29, 1.82) is 0 Å². The van der Waals surface area contributed by atoms with E-state index in [-0.39, 0.29) is 11.3 Å². The van der Waals surface area contributed by atoms with Gasteiger partial charge in [-0.25, -0.2) is 4.39 Å². The smallest absolute Gasteiger partial charge is 0.182 e. The molecule has 19 heavy (non-hydrogen) atoms. The van der Waals surface area contributed by atoms with Crippen molar-refractivity contribution in [1.82, 2.24) is 9.88 Å². The second kappa shape index (κ2) is 5.75. The fourth-order valence-electron chi connectivity index (χ4n) is 2.21. The maximum absolute atomic E-state index is 12.7. The minimum absolute atomic E-state index is 0.0469. The van der Waals surface area contributed by atoms with Gasteiger partial charge in [-0.15, -0.1) is 0 Å². The average Bonchev–Trinajstić information content (AvgIpc) is 2.37. The van der Waals surface area contributed by atoms with Crippen molar-refractivity contribution in [3.63, 3.8) is 0 Å². The number of carbonyl (C=O) groups excluding carboxylic acids is 1. The number of Topliss-reactive ketones (excluding diaryl/α,β-unsaturated/α-hetero) is 1. The Labute approximate surface area is 112 Å². The molecule has 1 fully saturated rings. The summed E-state index contributed by atoms with van der Waals surface area (Å²) in [5.74, 6) is -0.479. The molecule has 5 heteroatoms. The molecule has 1 aromatic rings. The van der Waals surface area contributed by atoms with Crippen LogP contribution in [0.25, 0.3) is 0 Å². The maximum Gasteiger partial charge on any atom is 0.182 e. The monoisotopic (exact) mass is 266 g/mol. The number of morpholine rings is 1. The van der Waals surface area contributed by atoms with Gasteiger partial charge in [-0.3, -0.25) is 14.7 Å². The van der Waals surface area contributed by atoms with Gasteiger partial charge in [0.25, 0.3) is 0 Å². The lowest BCUT2D eigenvalue weighted by Gasteiger charge is -2.42. The zero-order chi connectivity index (χ0) is 13.9. The highest BCUT2D eigenvalue weighted by Gasteiger charge is 2.30. The number of ketones is 1. The van der Waals surface area contributed by atoms with Gasteiger partial charge in [-0.05, 0) is 26.0 Å². The summed E-state index contributed by atoms with van der Waals surface area (Å²) in [4.78, 5) is 18.0. The minimum atomic E-state index is -0.425. The number of aromatic nitrogens is 1. The van der Waals surface area contributed by atoms with Crippen LogP contribution in [0, 0.1) is 5.82 Å². The third-order valence-electron chi connectivity index (χ3n) is 3.44. The molecule has 0 N–H and O–H groups in total. The highest BCUT2D eigenvalue weighted by atomic mass is 19.1. The molecular formula is C14H19FN2O2. The van der Waals surface area contributed by atoms with Gasteiger partial charge in [0, 0.05) is 25.0 Å². The zero-order valence-corrected chi connectivity index (χ0v) is 11.4. The Hall–Kier alpha value is -1.33. The summed E-state index contributed by atoms with van der Waals surface area (Å²) >= 11 is 0. The van der Waals surface area contributed by atoms with Crippen molar-refractivity contribution in [2.24, 2.45) is 0 Å². The molecule has 4 nitrogen and oxygen atoms in total. The van der Waals surface area contributed by atoms with Gasteiger partial charge in [-0.2, -0.15) is 0 Å². The first-order chi connectivity index (χ1) is 8.99. The van der Waals surface area contributed by atoms with Crippen LogP contribution < -0.4 is 0 Å². The van der Waals surface area contributed by atoms with Gasteiger partial charge >= 0.3 is 0 Å². The predicted octanol–water partition coefficient (Wildman–Crippen LogP) is 1.90. The third-order valence-corrected chi connectivity index (χ3v) is 3.44. The lowest BCUT2D eigenvalue weighted by molar-refractivity contribution is -0.0502. The fraction of sp³-hybridized carbons (Fsp3) is 0.571. The molecule has 1 aromatic heterocycles. The number of carbonyl (C=O) groups is 1. The van der Waals surface area contributed by atoms with Crippen LogP contribution in [0.4, 0.5) is 4.39 Å². The second-order valence-electron chi connectivity index (χ2n) is 5.39. The van der Waals surface area contributed by atoms with E-state index in [1.165, 1.54) is 12.1 Å². The van der Waals surface area contributed by atoms with Crippen LogP contribution in [-0.4, -0.2) is 47.5 Å². The molecule has 0 aliphatic carbocycles. The summed E-state index contributed by atoms with van der Waals surface area (Å²) in [5, 5.41) is 0. The Bertz CT molecular complexity index is 445. The number of hydrogen-bond donors (Lipinski definition) is 0. The third kappa shape index (κ3) is 3.58. The molecule has 0 atom stereocenters. The molecule has 1 aliphatic heterocycles. The molecule has 2 heterocycles. The molecule has 2 rings (SSSR count). The highest BCUT2D eigenvalue weighted by molar-refractivity contribution is 5.94. The Balaban J connectivity index is 1.91. The van der Waals surface area contributed by atoms with Crippen LogP contribution in [0.1, 0.15) is 30.8 Å². The molecule has 0 saturated carbocycles. The first-order valence-corrected chi connectivity index (χ1v) is 6.46. The van der Waals surface area contributed by atoms with Crippen molar-refractivity contribution in [2.45, 2.75) is 25.8 Å². The van der Waals surface area contributed by atoms with Crippen LogP contribution in [0.15, 0.2) is 18.3 Å². The van der Waals surface area contributed by atoms with E-state index in [1.54, 1.807) is 0 Å². The number of ether oxygens (including phenoxy) is 1. The predicted molar refractivity (Wildman–Crippen MR) is 69.6 cm³/mol. The van der Waals surface area contributed by atoms with Gasteiger partial charge in [0.2, 0.25) is 0 Å². The molecule has 0 bridgehead atoms. The number of hydrogen-bond acceptors (Lipinski definition) is 4. The van der Waals surface area contributed by atoms with Crippen molar-refractivity contribution >= 4 is 5.78 Å². The van der Waals surface area contributed by atoms with Gasteiger partial charge in [-0.1, -0.05) is 0 Å². The van der Waals surface area contributed by atoms with Gasteiger partial charge < -0.3 is 4.74 Å². The van der Waals surface area contributed by atoms with E-state index in [0.29, 0.717) is 31.9 Å². The highest BCUT2D eigenvalue weighted by Crippen LogP contribution is 2.19. The topological polar surface area (TPSA) is 42.4 Å². The normalized spacial score (nSPS) is 19.3. The maximum atomic E-state index is 12.7. The Morgan fingerprint density at radius 3 is 2.95 bits per heavy atom. The quantitative estimate of drug-likeness (QED) is 0.781. The largest absolute Gasteiger partial charge is 0.378 e. The van der Waals surface area contributed by atoms with E-state index >= 15 is 0 Å². The van der Waals surface area contributed by atoms with Crippen LogP contribution >= 0.6 is 0 Å². The van der Waals surface area contributed by atoms with Crippen molar-refractivity contribution in [3.05, 3.63) is 29.8 Å². The molecule has 1 aliphatic rings. The summed E-state index contributed by atoms with van der Waals surface area (Å²) in [6.45, 7) is 7.09. The van der Waals surface area contributed by atoms with E-state index in [4.69, 9.17) is 4.74 Å². The Morgan fingerprint density at radius 1 is 1.53 bits per heavy atom. The second-order valence-corrected chi connectivity index (χ2v) is 5.39. The first kappa shape index (κ1) is 14.1. The van der Waals surface area contributed by atoms with Crippen molar-refractivity contribution in [2.75, 3.05) is 26.3 Å².